The van der Waals surface area contributed by atoms with Crippen molar-refractivity contribution in [2.75, 3.05) is 26.2 Å². The summed E-state index contributed by atoms with van der Waals surface area (Å²) in [6.45, 7) is 10.6. The first-order valence-electron chi connectivity index (χ1n) is 6.29. The van der Waals surface area contributed by atoms with Gasteiger partial charge in [0, 0.05) is 37.1 Å². The first-order valence-corrected chi connectivity index (χ1v) is 6.29. The average molecular weight is 249 g/mol. The van der Waals surface area contributed by atoms with Crippen LogP contribution in [0.15, 0.2) is 12.7 Å². The summed E-state index contributed by atoms with van der Waals surface area (Å²) in [6, 6.07) is -0.0627. The van der Waals surface area contributed by atoms with Crippen LogP contribution in [0.25, 0.3) is 0 Å². The summed E-state index contributed by atoms with van der Waals surface area (Å²) in [4.78, 5) is 20.1. The maximum Gasteiger partial charge on any atom is 0.346 e. The van der Waals surface area contributed by atoms with Crippen LogP contribution in [0.4, 0.5) is 4.79 Å². The Labute approximate surface area is 107 Å². The van der Waals surface area contributed by atoms with E-state index in [1.807, 2.05) is 4.90 Å². The van der Waals surface area contributed by atoms with Crippen molar-refractivity contribution >= 4 is 6.03 Å². The van der Waals surface area contributed by atoms with Gasteiger partial charge >= 0.3 is 6.03 Å². The van der Waals surface area contributed by atoms with E-state index in [9.17, 15) is 4.79 Å². The zero-order valence-electron chi connectivity index (χ0n) is 11.1. The minimum atomic E-state index is -0.0627. The lowest BCUT2D eigenvalue weighted by Crippen LogP contribution is -2.75. The molecule has 0 atom stereocenters. The van der Waals surface area contributed by atoms with Crippen LogP contribution in [0.5, 0.6) is 0 Å². The fraction of sp³-hybridized carbons (Fsp3) is 0.750. The highest BCUT2D eigenvalue weighted by atomic mass is 16.2. The molecular weight excluding hydrogens is 230 g/mol. The van der Waals surface area contributed by atoms with Crippen molar-refractivity contribution in [3.8, 4) is 0 Å². The average Bonchev–Trinajstić information content (AvgIpc) is 2.62. The summed E-state index contributed by atoms with van der Waals surface area (Å²) in [5.41, 5.74) is 0.575. The van der Waals surface area contributed by atoms with Crippen molar-refractivity contribution in [2.24, 2.45) is 5.41 Å². The van der Waals surface area contributed by atoms with E-state index in [2.05, 4.69) is 35.8 Å². The van der Waals surface area contributed by atoms with Gasteiger partial charge in [-0.2, -0.15) is 9.78 Å². The predicted octanol–water partition coefficient (Wildman–Crippen LogP) is 0.662. The molecule has 0 unspecified atom stereocenters. The van der Waals surface area contributed by atoms with Gasteiger partial charge in [0.25, 0.3) is 0 Å². The molecule has 0 radical (unpaired) electrons. The maximum absolute atomic E-state index is 12.0. The van der Waals surface area contributed by atoms with E-state index >= 15 is 0 Å². The number of amides is 1. The summed E-state index contributed by atoms with van der Waals surface area (Å²) < 4.78 is 1.30. The highest BCUT2D eigenvalue weighted by molar-refractivity contribution is 5.76. The summed E-state index contributed by atoms with van der Waals surface area (Å²) in [7, 11) is 0. The quantitative estimate of drug-likeness (QED) is 0.678. The van der Waals surface area contributed by atoms with Gasteiger partial charge in [-0.3, -0.25) is 4.90 Å². The molecule has 0 aromatic carbocycles. The molecule has 98 valence electrons. The number of nitrogens with zero attached hydrogens (tertiary/aromatic N) is 5. The number of carbonyl (C=O) groups excluding carboxylic acids is 1. The lowest BCUT2D eigenvalue weighted by Gasteiger charge is -2.63. The summed E-state index contributed by atoms with van der Waals surface area (Å²) in [5, 5.41) is 3.87. The molecule has 2 aliphatic heterocycles. The zero-order valence-corrected chi connectivity index (χ0v) is 11.1. The van der Waals surface area contributed by atoms with Gasteiger partial charge < -0.3 is 4.90 Å². The van der Waals surface area contributed by atoms with Gasteiger partial charge in [-0.15, -0.1) is 0 Å². The molecule has 0 N–H and O–H groups in total. The molecule has 6 heteroatoms. The Hall–Kier alpha value is -1.43. The molecular formula is C12H19N5O. The van der Waals surface area contributed by atoms with Crippen LogP contribution in [0.1, 0.15) is 20.8 Å². The molecule has 6 nitrogen and oxygen atoms in total. The van der Waals surface area contributed by atoms with Crippen molar-refractivity contribution in [1.82, 2.24) is 24.6 Å². The van der Waals surface area contributed by atoms with Crippen LogP contribution in [0.3, 0.4) is 0 Å². The summed E-state index contributed by atoms with van der Waals surface area (Å²) in [5.74, 6) is 0. The van der Waals surface area contributed by atoms with Crippen LogP contribution in [0.2, 0.25) is 0 Å². The van der Waals surface area contributed by atoms with Crippen molar-refractivity contribution in [1.29, 1.82) is 0 Å². The standard InChI is InChI=1S/C12H19N5O/c1-11(2,3)16-6-12(7-16)4-15(5-12)10(18)17-9-13-8-14-17/h8-9H,4-7H2,1-3H3. The Balaban J connectivity index is 1.55. The van der Waals surface area contributed by atoms with Gasteiger partial charge in [0.1, 0.15) is 12.7 Å². The lowest BCUT2D eigenvalue weighted by atomic mass is 9.71. The summed E-state index contributed by atoms with van der Waals surface area (Å²) in [6.07, 6.45) is 2.84. The molecule has 18 heavy (non-hydrogen) atoms. The number of rotatable bonds is 0. The molecule has 2 aliphatic rings. The molecule has 3 heterocycles. The largest absolute Gasteiger partial charge is 0.346 e. The van der Waals surface area contributed by atoms with E-state index in [1.165, 1.54) is 17.3 Å². The first-order chi connectivity index (χ1) is 8.40. The Morgan fingerprint density at radius 2 is 1.89 bits per heavy atom. The van der Waals surface area contributed by atoms with Gasteiger partial charge in [0.2, 0.25) is 0 Å². The molecule has 1 spiro atoms. The van der Waals surface area contributed by atoms with Crippen LogP contribution in [0, 0.1) is 5.41 Å². The van der Waals surface area contributed by atoms with E-state index in [0.29, 0.717) is 5.41 Å². The smallest absolute Gasteiger partial charge is 0.321 e. The van der Waals surface area contributed by atoms with Gasteiger partial charge in [0.15, 0.2) is 0 Å². The molecule has 1 amide bonds. The van der Waals surface area contributed by atoms with E-state index in [4.69, 9.17) is 0 Å². The monoisotopic (exact) mass is 249 g/mol. The second-order valence-corrected chi connectivity index (χ2v) is 6.51. The molecule has 0 saturated carbocycles. The molecule has 1 aromatic rings. The third-order valence-corrected chi connectivity index (χ3v) is 3.94. The third kappa shape index (κ3) is 1.71. The van der Waals surface area contributed by atoms with E-state index in [1.54, 1.807) is 0 Å². The Kier molecular flexibility index (Phi) is 2.29. The number of hydrogen-bond donors (Lipinski definition) is 0. The molecule has 2 fully saturated rings. The minimum absolute atomic E-state index is 0.0627. The Morgan fingerprint density at radius 3 is 2.39 bits per heavy atom. The van der Waals surface area contributed by atoms with Crippen molar-refractivity contribution in [3.63, 3.8) is 0 Å². The van der Waals surface area contributed by atoms with Gasteiger partial charge in [-0.1, -0.05) is 0 Å². The highest BCUT2D eigenvalue weighted by Gasteiger charge is 2.55. The Bertz CT molecular complexity index is 447. The normalized spacial score (nSPS) is 22.7. The third-order valence-electron chi connectivity index (χ3n) is 3.94. The number of likely N-dealkylation sites (tertiary alicyclic amines) is 2. The lowest BCUT2D eigenvalue weighted by molar-refractivity contribution is -0.128. The van der Waals surface area contributed by atoms with E-state index in [0.717, 1.165) is 26.2 Å². The highest BCUT2D eigenvalue weighted by Crippen LogP contribution is 2.42. The van der Waals surface area contributed by atoms with Crippen LogP contribution >= 0.6 is 0 Å². The predicted molar refractivity (Wildman–Crippen MR) is 66.1 cm³/mol. The summed E-state index contributed by atoms with van der Waals surface area (Å²) >= 11 is 0. The van der Waals surface area contributed by atoms with Crippen LogP contribution in [-0.4, -0.2) is 62.3 Å². The van der Waals surface area contributed by atoms with Crippen molar-refractivity contribution in [3.05, 3.63) is 12.7 Å². The van der Waals surface area contributed by atoms with Gasteiger partial charge in [-0.05, 0) is 20.8 Å². The fourth-order valence-corrected chi connectivity index (χ4v) is 2.79. The topological polar surface area (TPSA) is 54.3 Å². The van der Waals surface area contributed by atoms with Crippen molar-refractivity contribution in [2.45, 2.75) is 26.3 Å². The maximum atomic E-state index is 12.0. The number of carbonyl (C=O) groups is 1. The van der Waals surface area contributed by atoms with Crippen LogP contribution < -0.4 is 0 Å². The SMILES string of the molecule is CC(C)(C)N1CC2(CN(C(=O)n3cncn3)C2)C1. The second kappa shape index (κ2) is 3.54. The molecule has 3 rings (SSSR count). The second-order valence-electron chi connectivity index (χ2n) is 6.51. The fourth-order valence-electron chi connectivity index (χ4n) is 2.79. The van der Waals surface area contributed by atoms with Crippen molar-refractivity contribution < 1.29 is 4.79 Å². The number of hydrogen-bond acceptors (Lipinski definition) is 4. The molecule has 1 aromatic heterocycles. The Morgan fingerprint density at radius 1 is 1.22 bits per heavy atom. The van der Waals surface area contributed by atoms with Crippen LogP contribution in [-0.2, 0) is 0 Å². The minimum Gasteiger partial charge on any atom is -0.321 e. The van der Waals surface area contributed by atoms with E-state index in [-0.39, 0.29) is 11.6 Å². The molecule has 2 saturated heterocycles. The first kappa shape index (κ1) is 11.6. The van der Waals surface area contributed by atoms with E-state index < -0.39 is 0 Å². The zero-order chi connectivity index (χ0) is 13.0. The van der Waals surface area contributed by atoms with Gasteiger partial charge in [0.05, 0.1) is 0 Å². The molecule has 0 bridgehead atoms. The number of aromatic nitrogens is 3. The molecule has 0 aliphatic carbocycles. The van der Waals surface area contributed by atoms with Gasteiger partial charge in [-0.25, -0.2) is 9.78 Å².